The predicted octanol–water partition coefficient (Wildman–Crippen LogP) is 4.75. The lowest BCUT2D eigenvalue weighted by Crippen LogP contribution is -2.31. The highest BCUT2D eigenvalue weighted by Gasteiger charge is 2.33. The van der Waals surface area contributed by atoms with E-state index in [2.05, 4.69) is 27.6 Å². The van der Waals surface area contributed by atoms with Gasteiger partial charge in [0.15, 0.2) is 0 Å². The Kier molecular flexibility index (Phi) is 5.45. The van der Waals surface area contributed by atoms with Crippen molar-refractivity contribution in [2.45, 2.75) is 24.1 Å². The van der Waals surface area contributed by atoms with Gasteiger partial charge in [0, 0.05) is 10.6 Å². The molecule has 0 radical (unpaired) electrons. The number of nitrogens with zero attached hydrogens (tertiary/aromatic N) is 2. The third kappa shape index (κ3) is 4.70. The molecule has 1 saturated carbocycles. The van der Waals surface area contributed by atoms with Crippen LogP contribution in [0.15, 0.2) is 64.2 Å². The maximum absolute atomic E-state index is 12.4. The second-order valence-electron chi connectivity index (χ2n) is 6.47. The van der Waals surface area contributed by atoms with Gasteiger partial charge in [0.2, 0.25) is 11.8 Å². The van der Waals surface area contributed by atoms with Crippen molar-refractivity contribution in [3.05, 3.63) is 65.2 Å². The molecule has 1 atom stereocenters. The largest absolute Gasteiger partial charge is 0.411 e. The zero-order valence-corrected chi connectivity index (χ0v) is 16.0. The van der Waals surface area contributed by atoms with Crippen LogP contribution < -0.4 is 5.32 Å². The Morgan fingerprint density at radius 3 is 2.74 bits per heavy atom. The molecule has 2 aromatic carbocycles. The molecule has 0 spiro atoms. The van der Waals surface area contributed by atoms with E-state index in [1.807, 2.05) is 30.3 Å². The van der Waals surface area contributed by atoms with Crippen LogP contribution in [0.5, 0.6) is 0 Å². The zero-order valence-electron chi connectivity index (χ0n) is 14.5. The molecule has 5 nitrogen and oxygen atoms in total. The molecule has 1 aliphatic carbocycles. The van der Waals surface area contributed by atoms with Crippen molar-refractivity contribution in [2.24, 2.45) is 5.92 Å². The van der Waals surface area contributed by atoms with Gasteiger partial charge in [-0.1, -0.05) is 59.8 Å². The van der Waals surface area contributed by atoms with Gasteiger partial charge >= 0.3 is 0 Å². The number of carbonyl (C=O) groups is 1. The number of aromatic nitrogens is 2. The van der Waals surface area contributed by atoms with Crippen LogP contribution in [0.25, 0.3) is 11.5 Å². The molecule has 1 unspecified atom stereocenters. The molecule has 1 N–H and O–H groups in total. The number of thioether (sulfide) groups is 1. The summed E-state index contributed by atoms with van der Waals surface area (Å²) in [6.07, 6.45) is 2.30. The summed E-state index contributed by atoms with van der Waals surface area (Å²) in [6, 6.07) is 17.4. The van der Waals surface area contributed by atoms with Crippen LogP contribution in [-0.2, 0) is 4.79 Å². The highest BCUT2D eigenvalue weighted by Crippen LogP contribution is 2.41. The first-order valence-corrected chi connectivity index (χ1v) is 10.1. The third-order valence-corrected chi connectivity index (χ3v) is 5.43. The van der Waals surface area contributed by atoms with Crippen LogP contribution in [0.1, 0.15) is 24.4 Å². The van der Waals surface area contributed by atoms with Crippen LogP contribution in [0, 0.1) is 5.92 Å². The van der Waals surface area contributed by atoms with Crippen molar-refractivity contribution in [3.8, 4) is 11.5 Å². The Labute approximate surface area is 166 Å². The molecule has 0 saturated heterocycles. The number of halogens is 1. The minimum Gasteiger partial charge on any atom is -0.411 e. The molecule has 27 heavy (non-hydrogen) atoms. The first-order chi connectivity index (χ1) is 13.2. The lowest BCUT2D eigenvalue weighted by atomic mass is 10.0. The summed E-state index contributed by atoms with van der Waals surface area (Å²) in [5.41, 5.74) is 1.91. The van der Waals surface area contributed by atoms with Crippen LogP contribution in [-0.4, -0.2) is 21.9 Å². The quantitative estimate of drug-likeness (QED) is 0.580. The summed E-state index contributed by atoms with van der Waals surface area (Å²) in [6.45, 7) is 0. The van der Waals surface area contributed by atoms with E-state index in [0.717, 1.165) is 24.0 Å². The topological polar surface area (TPSA) is 68.0 Å². The van der Waals surface area contributed by atoms with Gasteiger partial charge in [-0.3, -0.25) is 4.79 Å². The number of nitrogens with one attached hydrogen (secondary N) is 1. The summed E-state index contributed by atoms with van der Waals surface area (Å²) < 4.78 is 5.63. The van der Waals surface area contributed by atoms with Crippen molar-refractivity contribution < 1.29 is 9.21 Å². The number of hydrogen-bond acceptors (Lipinski definition) is 5. The molecule has 1 aromatic heterocycles. The highest BCUT2D eigenvalue weighted by atomic mass is 35.5. The Morgan fingerprint density at radius 2 is 2.00 bits per heavy atom. The number of amides is 1. The first kappa shape index (κ1) is 18.1. The van der Waals surface area contributed by atoms with Crippen molar-refractivity contribution >= 4 is 29.3 Å². The normalized spacial score (nSPS) is 14.7. The lowest BCUT2D eigenvalue weighted by molar-refractivity contribution is -0.119. The van der Waals surface area contributed by atoms with E-state index in [1.54, 1.807) is 12.1 Å². The van der Waals surface area contributed by atoms with Gasteiger partial charge in [-0.25, -0.2) is 0 Å². The van der Waals surface area contributed by atoms with Gasteiger partial charge in [0.25, 0.3) is 5.22 Å². The van der Waals surface area contributed by atoms with E-state index >= 15 is 0 Å². The fourth-order valence-electron chi connectivity index (χ4n) is 2.91. The van der Waals surface area contributed by atoms with Crippen LogP contribution in [0.4, 0.5) is 0 Å². The van der Waals surface area contributed by atoms with Crippen LogP contribution >= 0.6 is 23.4 Å². The second-order valence-corrected chi connectivity index (χ2v) is 7.83. The highest BCUT2D eigenvalue weighted by molar-refractivity contribution is 7.99. The van der Waals surface area contributed by atoms with E-state index in [9.17, 15) is 4.79 Å². The molecule has 3 aromatic rings. The van der Waals surface area contributed by atoms with Gasteiger partial charge in [0.05, 0.1) is 11.8 Å². The molecule has 138 valence electrons. The van der Waals surface area contributed by atoms with E-state index < -0.39 is 0 Å². The van der Waals surface area contributed by atoms with E-state index in [4.69, 9.17) is 16.0 Å². The average molecular weight is 400 g/mol. The second kappa shape index (κ2) is 8.15. The molecule has 1 heterocycles. The summed E-state index contributed by atoms with van der Waals surface area (Å²) >= 11 is 7.22. The van der Waals surface area contributed by atoms with E-state index in [0.29, 0.717) is 22.1 Å². The first-order valence-electron chi connectivity index (χ1n) is 8.75. The lowest BCUT2D eigenvalue weighted by Gasteiger charge is -2.18. The Morgan fingerprint density at radius 1 is 1.19 bits per heavy atom. The number of carbonyl (C=O) groups excluding carboxylic acids is 1. The standard InChI is InChI=1S/C20H18ClN3O2S/c21-16-8-4-7-15(11-16)19-23-24-20(26-19)27-12-17(25)22-18(14-9-10-14)13-5-2-1-3-6-13/h1-8,11,14,18H,9-10,12H2,(H,22,25). The Bertz CT molecular complexity index is 928. The third-order valence-electron chi connectivity index (χ3n) is 4.37. The minimum absolute atomic E-state index is 0.0386. The molecule has 4 rings (SSSR count). The SMILES string of the molecule is O=C(CSc1nnc(-c2cccc(Cl)c2)o1)NC(c1ccccc1)C1CC1. The average Bonchev–Trinajstić information content (AvgIpc) is 3.42. The summed E-state index contributed by atoms with van der Waals surface area (Å²) in [5.74, 6) is 1.11. The summed E-state index contributed by atoms with van der Waals surface area (Å²) in [5, 5.41) is 12.1. The molecular formula is C20H18ClN3O2S. The van der Waals surface area contributed by atoms with Gasteiger partial charge in [-0.2, -0.15) is 0 Å². The molecule has 7 heteroatoms. The van der Waals surface area contributed by atoms with Crippen molar-refractivity contribution in [2.75, 3.05) is 5.75 Å². The van der Waals surface area contributed by atoms with Gasteiger partial charge in [-0.05, 0) is 42.5 Å². The van der Waals surface area contributed by atoms with Crippen molar-refractivity contribution in [1.82, 2.24) is 15.5 Å². The smallest absolute Gasteiger partial charge is 0.277 e. The Hall–Kier alpha value is -2.31. The molecule has 1 fully saturated rings. The number of benzene rings is 2. The molecule has 0 aliphatic heterocycles. The molecule has 0 bridgehead atoms. The van der Waals surface area contributed by atoms with E-state index in [1.165, 1.54) is 11.8 Å². The van der Waals surface area contributed by atoms with Crippen LogP contribution in [0.2, 0.25) is 5.02 Å². The number of rotatable bonds is 7. The monoisotopic (exact) mass is 399 g/mol. The maximum atomic E-state index is 12.4. The van der Waals surface area contributed by atoms with E-state index in [-0.39, 0.29) is 17.7 Å². The van der Waals surface area contributed by atoms with Gasteiger partial charge in [0.1, 0.15) is 0 Å². The maximum Gasteiger partial charge on any atom is 0.277 e. The van der Waals surface area contributed by atoms with Crippen molar-refractivity contribution in [1.29, 1.82) is 0 Å². The molecule has 1 aliphatic rings. The fourth-order valence-corrected chi connectivity index (χ4v) is 3.68. The number of hydrogen-bond donors (Lipinski definition) is 1. The summed E-state index contributed by atoms with van der Waals surface area (Å²) in [4.78, 5) is 12.4. The zero-order chi connectivity index (χ0) is 18.6. The van der Waals surface area contributed by atoms with Gasteiger partial charge < -0.3 is 9.73 Å². The van der Waals surface area contributed by atoms with Gasteiger partial charge in [-0.15, -0.1) is 10.2 Å². The van der Waals surface area contributed by atoms with Crippen molar-refractivity contribution in [3.63, 3.8) is 0 Å². The molecular weight excluding hydrogens is 382 g/mol. The fraction of sp³-hybridized carbons (Fsp3) is 0.250. The predicted molar refractivity (Wildman–Crippen MR) is 106 cm³/mol. The minimum atomic E-state index is -0.0386. The Balaban J connectivity index is 1.35. The summed E-state index contributed by atoms with van der Waals surface area (Å²) in [7, 11) is 0. The van der Waals surface area contributed by atoms with Crippen LogP contribution in [0.3, 0.4) is 0 Å². The molecule has 1 amide bonds.